The van der Waals surface area contributed by atoms with Gasteiger partial charge in [-0.25, -0.2) is 15.8 Å². The first-order chi connectivity index (χ1) is 18.1. The highest BCUT2D eigenvalue weighted by molar-refractivity contribution is 6.10. The van der Waals surface area contributed by atoms with Crippen molar-refractivity contribution in [3.05, 3.63) is 74.9 Å². The van der Waals surface area contributed by atoms with Crippen molar-refractivity contribution in [2.45, 2.75) is 73.0 Å². The fraction of sp³-hybridized carbons (Fsp3) is 0.400. The maximum absolute atomic E-state index is 13.4. The quantitative estimate of drug-likeness (QED) is 0.161. The SMILES string of the molecule is CC(=O)c1c(N(N)C(=O)c2ccc(Cc3cc4c(cc3C)C(C)(C)OC4(C)C)o2)nc2c(c(C)nn2C)c1C. The molecule has 0 atom stereocenters. The molecule has 0 fully saturated rings. The number of carbonyl (C=O) groups is 2. The lowest BCUT2D eigenvalue weighted by Gasteiger charge is -2.24. The molecule has 0 unspecified atom stereocenters. The molecule has 3 aromatic heterocycles. The van der Waals surface area contributed by atoms with E-state index in [1.165, 1.54) is 12.5 Å². The third-order valence-electron chi connectivity index (χ3n) is 7.70. The molecule has 4 aromatic rings. The van der Waals surface area contributed by atoms with Crippen LogP contribution in [-0.2, 0) is 29.4 Å². The van der Waals surface area contributed by atoms with E-state index in [-0.39, 0.29) is 28.5 Å². The van der Waals surface area contributed by atoms with E-state index in [2.05, 4.69) is 56.8 Å². The number of aromatic nitrogens is 3. The first-order valence-electron chi connectivity index (χ1n) is 13.0. The van der Waals surface area contributed by atoms with Crippen molar-refractivity contribution in [1.29, 1.82) is 0 Å². The van der Waals surface area contributed by atoms with Crippen LogP contribution < -0.4 is 10.9 Å². The van der Waals surface area contributed by atoms with Gasteiger partial charge in [0.15, 0.2) is 23.0 Å². The molecule has 0 saturated carbocycles. The van der Waals surface area contributed by atoms with Crippen LogP contribution >= 0.6 is 0 Å². The molecule has 5 rings (SSSR count). The number of benzene rings is 1. The van der Waals surface area contributed by atoms with Crippen LogP contribution in [0.4, 0.5) is 5.82 Å². The second-order valence-electron chi connectivity index (χ2n) is 11.5. The largest absolute Gasteiger partial charge is 0.456 e. The summed E-state index contributed by atoms with van der Waals surface area (Å²) in [7, 11) is 1.76. The van der Waals surface area contributed by atoms with Gasteiger partial charge in [-0.2, -0.15) is 5.10 Å². The van der Waals surface area contributed by atoms with Crippen LogP contribution in [-0.4, -0.2) is 26.5 Å². The van der Waals surface area contributed by atoms with Gasteiger partial charge in [0.1, 0.15) is 5.76 Å². The number of hydrogen-bond acceptors (Lipinski definition) is 7. The Morgan fingerprint density at radius 3 is 2.33 bits per heavy atom. The van der Waals surface area contributed by atoms with Crippen molar-refractivity contribution in [2.75, 3.05) is 5.01 Å². The highest BCUT2D eigenvalue weighted by Gasteiger charge is 2.43. The first kappa shape index (κ1) is 26.8. The molecule has 9 nitrogen and oxygen atoms in total. The summed E-state index contributed by atoms with van der Waals surface area (Å²) in [6.07, 6.45) is 0.504. The Morgan fingerprint density at radius 1 is 1.05 bits per heavy atom. The molecule has 204 valence electrons. The van der Waals surface area contributed by atoms with E-state index >= 15 is 0 Å². The van der Waals surface area contributed by atoms with Crippen molar-refractivity contribution >= 4 is 28.5 Å². The van der Waals surface area contributed by atoms with Crippen molar-refractivity contribution in [3.8, 4) is 0 Å². The monoisotopic (exact) mass is 529 g/mol. The lowest BCUT2D eigenvalue weighted by molar-refractivity contribution is -0.105. The molecule has 0 bridgehead atoms. The number of Topliss-reactive ketones (excluding diaryl/α,β-unsaturated/α-hetero) is 1. The predicted molar refractivity (Wildman–Crippen MR) is 149 cm³/mol. The molecule has 9 heteroatoms. The van der Waals surface area contributed by atoms with Gasteiger partial charge in [0, 0.05) is 18.9 Å². The number of furan rings is 1. The van der Waals surface area contributed by atoms with Gasteiger partial charge in [0.25, 0.3) is 0 Å². The summed E-state index contributed by atoms with van der Waals surface area (Å²) in [5.74, 6) is 6.20. The number of amides is 1. The van der Waals surface area contributed by atoms with Gasteiger partial charge >= 0.3 is 5.91 Å². The van der Waals surface area contributed by atoms with Crippen molar-refractivity contribution in [2.24, 2.45) is 12.9 Å². The van der Waals surface area contributed by atoms with Crippen molar-refractivity contribution in [3.63, 3.8) is 0 Å². The van der Waals surface area contributed by atoms with Crippen LogP contribution in [0.25, 0.3) is 11.0 Å². The molecule has 0 saturated heterocycles. The van der Waals surface area contributed by atoms with Crippen LogP contribution in [0.15, 0.2) is 28.7 Å². The second-order valence-corrected chi connectivity index (χ2v) is 11.5. The molecule has 1 amide bonds. The number of aryl methyl sites for hydroxylation is 4. The van der Waals surface area contributed by atoms with Crippen LogP contribution in [0.5, 0.6) is 0 Å². The lowest BCUT2D eigenvalue weighted by atomic mass is 9.86. The summed E-state index contributed by atoms with van der Waals surface area (Å²) in [5, 5.41) is 6.07. The molecular formula is C30H35N5O4. The molecule has 1 aromatic carbocycles. The van der Waals surface area contributed by atoms with E-state index in [0.717, 1.165) is 32.8 Å². The van der Waals surface area contributed by atoms with Crippen LogP contribution in [0.2, 0.25) is 0 Å². The second kappa shape index (κ2) is 8.86. The van der Waals surface area contributed by atoms with Gasteiger partial charge < -0.3 is 9.15 Å². The van der Waals surface area contributed by atoms with Gasteiger partial charge in [-0.3, -0.25) is 14.3 Å². The minimum absolute atomic E-state index is 0.0614. The smallest absolute Gasteiger partial charge is 0.309 e. The van der Waals surface area contributed by atoms with Gasteiger partial charge in [-0.1, -0.05) is 12.1 Å². The number of nitrogens with zero attached hydrogens (tertiary/aromatic N) is 4. The Balaban J connectivity index is 1.47. The molecule has 0 radical (unpaired) electrons. The van der Waals surface area contributed by atoms with Gasteiger partial charge in [-0.05, 0) is 95.3 Å². The molecule has 4 heterocycles. The van der Waals surface area contributed by atoms with E-state index in [9.17, 15) is 9.59 Å². The molecule has 1 aliphatic heterocycles. The summed E-state index contributed by atoms with van der Waals surface area (Å²) in [4.78, 5) is 30.6. The van der Waals surface area contributed by atoms with Gasteiger partial charge in [0.2, 0.25) is 0 Å². The Kier molecular flexibility index (Phi) is 6.08. The zero-order chi connectivity index (χ0) is 28.6. The number of ketones is 1. The van der Waals surface area contributed by atoms with Crippen LogP contribution in [0.1, 0.15) is 94.8 Å². The number of anilines is 1. The molecule has 0 spiro atoms. The molecule has 2 N–H and O–H groups in total. The number of fused-ring (bicyclic) bond motifs is 2. The Bertz CT molecular complexity index is 1670. The summed E-state index contributed by atoms with van der Waals surface area (Å²) in [6, 6.07) is 7.74. The molecule has 1 aliphatic rings. The zero-order valence-corrected chi connectivity index (χ0v) is 24.0. The minimum Gasteiger partial charge on any atom is -0.456 e. The van der Waals surface area contributed by atoms with E-state index in [1.54, 1.807) is 23.9 Å². The van der Waals surface area contributed by atoms with Gasteiger partial charge in [0.05, 0.1) is 22.5 Å². The molecule has 0 aliphatic carbocycles. The number of hydrogen-bond donors (Lipinski definition) is 1. The normalized spacial score (nSPS) is 15.5. The fourth-order valence-corrected chi connectivity index (χ4v) is 5.94. The van der Waals surface area contributed by atoms with Gasteiger partial charge in [-0.15, -0.1) is 0 Å². The third kappa shape index (κ3) is 4.26. The number of nitrogens with two attached hydrogens (primary N) is 1. The average Bonchev–Trinajstić information content (AvgIpc) is 3.46. The summed E-state index contributed by atoms with van der Waals surface area (Å²) < 4.78 is 13.9. The van der Waals surface area contributed by atoms with E-state index in [1.807, 2.05) is 13.8 Å². The maximum Gasteiger partial charge on any atom is 0.309 e. The number of carbonyl (C=O) groups excluding carboxylic acids is 2. The molecular weight excluding hydrogens is 494 g/mol. The standard InChI is InChI=1S/C30H35N5O4/c1-15-12-21-22(30(7,8)39-29(21,5)6)14-19(15)13-20-10-11-23(38-20)28(37)35(31)27-25(18(4)36)16(2)24-17(3)33-34(9)26(24)32-27/h10-12,14H,13,31H2,1-9H3. The number of ether oxygens (including phenoxy) is 1. The summed E-state index contributed by atoms with van der Waals surface area (Å²) in [6.45, 7) is 15.5. The topological polar surface area (TPSA) is 116 Å². The van der Waals surface area contributed by atoms with E-state index in [0.29, 0.717) is 23.4 Å². The predicted octanol–water partition coefficient (Wildman–Crippen LogP) is 5.30. The summed E-state index contributed by atoms with van der Waals surface area (Å²) >= 11 is 0. The lowest BCUT2D eigenvalue weighted by Crippen LogP contribution is -2.39. The van der Waals surface area contributed by atoms with Crippen LogP contribution in [0, 0.1) is 20.8 Å². The average molecular weight is 530 g/mol. The third-order valence-corrected chi connectivity index (χ3v) is 7.70. The highest BCUT2D eigenvalue weighted by atomic mass is 16.5. The zero-order valence-electron chi connectivity index (χ0n) is 24.0. The molecule has 39 heavy (non-hydrogen) atoms. The van der Waals surface area contributed by atoms with Crippen LogP contribution in [0.3, 0.4) is 0 Å². The van der Waals surface area contributed by atoms with E-state index in [4.69, 9.17) is 15.0 Å². The Morgan fingerprint density at radius 2 is 1.69 bits per heavy atom. The van der Waals surface area contributed by atoms with Crippen molar-refractivity contribution in [1.82, 2.24) is 14.8 Å². The Hall–Kier alpha value is -3.82. The number of pyridine rings is 1. The fourth-order valence-electron chi connectivity index (χ4n) is 5.94. The maximum atomic E-state index is 13.4. The number of rotatable bonds is 5. The number of hydrazine groups is 1. The Labute approximate surface area is 227 Å². The first-order valence-corrected chi connectivity index (χ1v) is 13.0. The summed E-state index contributed by atoms with van der Waals surface area (Å²) in [5.41, 5.74) is 6.04. The van der Waals surface area contributed by atoms with Crippen molar-refractivity contribution < 1.29 is 18.7 Å². The van der Waals surface area contributed by atoms with E-state index < -0.39 is 11.5 Å². The highest BCUT2D eigenvalue weighted by Crippen LogP contribution is 2.47. The minimum atomic E-state index is -0.601.